The molecule has 0 unspecified atom stereocenters. The van der Waals surface area contributed by atoms with Gasteiger partial charge in [-0.3, -0.25) is 4.79 Å². The summed E-state index contributed by atoms with van der Waals surface area (Å²) in [5.74, 6) is 1.09. The van der Waals surface area contributed by atoms with Crippen LogP contribution in [0.25, 0.3) is 0 Å². The van der Waals surface area contributed by atoms with Crippen LogP contribution in [0.3, 0.4) is 0 Å². The normalized spacial score (nSPS) is 12.9. The van der Waals surface area contributed by atoms with Crippen LogP contribution in [0.5, 0.6) is 11.5 Å². The monoisotopic (exact) mass is 271 g/mol. The van der Waals surface area contributed by atoms with E-state index in [0.29, 0.717) is 30.0 Å². The van der Waals surface area contributed by atoms with Crippen LogP contribution in [0.2, 0.25) is 0 Å². The third-order valence-corrected chi connectivity index (χ3v) is 2.77. The molecule has 1 aromatic carbocycles. The van der Waals surface area contributed by atoms with E-state index in [9.17, 15) is 4.79 Å². The van der Waals surface area contributed by atoms with E-state index < -0.39 is 0 Å². The summed E-state index contributed by atoms with van der Waals surface area (Å²) < 4.78 is 11.3. The molecule has 80 valence electrons. The van der Waals surface area contributed by atoms with Crippen molar-refractivity contribution in [3.63, 3.8) is 0 Å². The standard InChI is InChI=1S/C10H10BrNO3/c11-7-2-1-6(8(13)3-4-12)9-10(7)15-5-14-9/h1-2H,3-5,12H2. The van der Waals surface area contributed by atoms with Crippen LogP contribution in [-0.4, -0.2) is 19.1 Å². The maximum absolute atomic E-state index is 11.7. The summed E-state index contributed by atoms with van der Waals surface area (Å²) in [5, 5.41) is 0. The molecule has 0 aliphatic carbocycles. The van der Waals surface area contributed by atoms with Crippen molar-refractivity contribution in [1.29, 1.82) is 0 Å². The molecule has 1 aliphatic heterocycles. The molecule has 0 amide bonds. The van der Waals surface area contributed by atoms with Crippen molar-refractivity contribution < 1.29 is 14.3 Å². The first-order chi connectivity index (χ1) is 7.24. The molecule has 2 N–H and O–H groups in total. The Bertz CT molecular complexity index is 406. The number of ether oxygens (including phenoxy) is 2. The fourth-order valence-corrected chi connectivity index (χ4v) is 1.88. The first-order valence-electron chi connectivity index (χ1n) is 4.55. The van der Waals surface area contributed by atoms with E-state index in [4.69, 9.17) is 15.2 Å². The molecule has 1 aliphatic rings. The van der Waals surface area contributed by atoms with Crippen molar-refractivity contribution in [3.8, 4) is 11.5 Å². The van der Waals surface area contributed by atoms with Gasteiger partial charge in [0.25, 0.3) is 0 Å². The highest BCUT2D eigenvalue weighted by Crippen LogP contribution is 2.41. The van der Waals surface area contributed by atoms with Gasteiger partial charge in [0, 0.05) is 6.42 Å². The maximum Gasteiger partial charge on any atom is 0.231 e. The smallest absolute Gasteiger partial charge is 0.231 e. The number of hydrogen-bond acceptors (Lipinski definition) is 4. The second kappa shape index (κ2) is 4.20. The zero-order chi connectivity index (χ0) is 10.8. The van der Waals surface area contributed by atoms with Gasteiger partial charge in [-0.1, -0.05) is 0 Å². The van der Waals surface area contributed by atoms with Crippen LogP contribution in [0.1, 0.15) is 16.8 Å². The molecule has 1 heterocycles. The second-order valence-electron chi connectivity index (χ2n) is 3.12. The van der Waals surface area contributed by atoms with Crippen LogP contribution in [-0.2, 0) is 0 Å². The number of nitrogens with two attached hydrogens (primary N) is 1. The molecule has 5 heteroatoms. The predicted molar refractivity (Wildman–Crippen MR) is 58.3 cm³/mol. The number of fused-ring (bicyclic) bond motifs is 1. The Morgan fingerprint density at radius 1 is 1.40 bits per heavy atom. The molecule has 0 bridgehead atoms. The molecule has 0 aromatic heterocycles. The molecular weight excluding hydrogens is 262 g/mol. The zero-order valence-electron chi connectivity index (χ0n) is 7.96. The Balaban J connectivity index is 2.41. The first-order valence-corrected chi connectivity index (χ1v) is 5.34. The lowest BCUT2D eigenvalue weighted by Crippen LogP contribution is -2.08. The third kappa shape index (κ3) is 1.85. The average molecular weight is 272 g/mol. The average Bonchev–Trinajstić information content (AvgIpc) is 2.68. The number of carbonyl (C=O) groups is 1. The Morgan fingerprint density at radius 3 is 2.87 bits per heavy atom. The minimum atomic E-state index is -0.0215. The molecule has 0 spiro atoms. The van der Waals surface area contributed by atoms with E-state index >= 15 is 0 Å². The van der Waals surface area contributed by atoms with E-state index in [2.05, 4.69) is 15.9 Å². The number of Topliss-reactive ketones (excluding diaryl/α,β-unsaturated/α-hetero) is 1. The molecule has 15 heavy (non-hydrogen) atoms. The fraction of sp³-hybridized carbons (Fsp3) is 0.300. The molecule has 1 aromatic rings. The lowest BCUT2D eigenvalue weighted by atomic mass is 10.1. The quantitative estimate of drug-likeness (QED) is 0.851. The van der Waals surface area contributed by atoms with Crippen molar-refractivity contribution in [1.82, 2.24) is 0 Å². The molecule has 0 fully saturated rings. The highest BCUT2D eigenvalue weighted by molar-refractivity contribution is 9.10. The van der Waals surface area contributed by atoms with E-state index in [1.54, 1.807) is 12.1 Å². The number of rotatable bonds is 3. The summed E-state index contributed by atoms with van der Waals surface area (Å²) in [4.78, 5) is 11.7. The fourth-order valence-electron chi connectivity index (χ4n) is 1.45. The van der Waals surface area contributed by atoms with Crippen LogP contribution in [0.15, 0.2) is 16.6 Å². The van der Waals surface area contributed by atoms with Crippen LogP contribution in [0.4, 0.5) is 0 Å². The topological polar surface area (TPSA) is 61.6 Å². The second-order valence-corrected chi connectivity index (χ2v) is 3.98. The SMILES string of the molecule is NCCC(=O)c1ccc(Br)c2c1OCO2. The van der Waals surface area contributed by atoms with Gasteiger partial charge in [-0.25, -0.2) is 0 Å². The highest BCUT2D eigenvalue weighted by atomic mass is 79.9. The van der Waals surface area contributed by atoms with Crippen molar-refractivity contribution in [2.75, 3.05) is 13.3 Å². The summed E-state index contributed by atoms with van der Waals surface area (Å²) in [5.41, 5.74) is 5.88. The maximum atomic E-state index is 11.7. The Labute approximate surface area is 95.5 Å². The van der Waals surface area contributed by atoms with Crippen LogP contribution < -0.4 is 15.2 Å². The summed E-state index contributed by atoms with van der Waals surface area (Å²) in [6.45, 7) is 0.491. The Hall–Kier alpha value is -1.07. The molecule has 0 saturated carbocycles. The molecule has 4 nitrogen and oxygen atoms in total. The minimum Gasteiger partial charge on any atom is -0.453 e. The van der Waals surface area contributed by atoms with Crippen LogP contribution in [0, 0.1) is 0 Å². The minimum absolute atomic E-state index is 0.0215. The zero-order valence-corrected chi connectivity index (χ0v) is 9.54. The number of hydrogen-bond donors (Lipinski definition) is 1. The van der Waals surface area contributed by atoms with Crippen LogP contribution >= 0.6 is 15.9 Å². The summed E-state index contributed by atoms with van der Waals surface area (Å²) in [6.07, 6.45) is 0.317. The van der Waals surface area contributed by atoms with Crippen molar-refractivity contribution in [2.45, 2.75) is 6.42 Å². The van der Waals surface area contributed by atoms with Crippen molar-refractivity contribution in [3.05, 3.63) is 22.2 Å². The number of benzene rings is 1. The summed E-state index contributed by atoms with van der Waals surface area (Å²) in [6, 6.07) is 3.49. The van der Waals surface area contributed by atoms with E-state index in [1.165, 1.54) is 0 Å². The van der Waals surface area contributed by atoms with Crippen molar-refractivity contribution >= 4 is 21.7 Å². The number of ketones is 1. The van der Waals surface area contributed by atoms with Gasteiger partial charge in [0.1, 0.15) is 0 Å². The van der Waals surface area contributed by atoms with Gasteiger partial charge in [0.05, 0.1) is 10.0 Å². The Morgan fingerprint density at radius 2 is 2.13 bits per heavy atom. The summed E-state index contributed by atoms with van der Waals surface area (Å²) >= 11 is 3.33. The van der Waals surface area contributed by atoms with E-state index in [-0.39, 0.29) is 12.6 Å². The van der Waals surface area contributed by atoms with E-state index in [0.717, 1.165) is 4.47 Å². The van der Waals surface area contributed by atoms with Gasteiger partial charge in [0.2, 0.25) is 6.79 Å². The first kappa shape index (κ1) is 10.4. The Kier molecular flexibility index (Phi) is 2.93. The highest BCUT2D eigenvalue weighted by Gasteiger charge is 2.23. The molecule has 0 atom stereocenters. The number of halogens is 1. The lowest BCUT2D eigenvalue weighted by molar-refractivity contribution is 0.0981. The largest absolute Gasteiger partial charge is 0.453 e. The van der Waals surface area contributed by atoms with Gasteiger partial charge in [0.15, 0.2) is 17.3 Å². The molecular formula is C10H10BrNO3. The van der Waals surface area contributed by atoms with Gasteiger partial charge >= 0.3 is 0 Å². The van der Waals surface area contributed by atoms with Gasteiger partial charge in [-0.15, -0.1) is 0 Å². The van der Waals surface area contributed by atoms with Gasteiger partial charge in [-0.2, -0.15) is 0 Å². The van der Waals surface area contributed by atoms with Gasteiger partial charge < -0.3 is 15.2 Å². The molecule has 0 radical (unpaired) electrons. The summed E-state index contributed by atoms with van der Waals surface area (Å²) in [7, 11) is 0. The lowest BCUT2D eigenvalue weighted by Gasteiger charge is -2.05. The third-order valence-electron chi connectivity index (χ3n) is 2.14. The predicted octanol–water partition coefficient (Wildman–Crippen LogP) is 1.71. The van der Waals surface area contributed by atoms with E-state index in [1.807, 2.05) is 0 Å². The van der Waals surface area contributed by atoms with Crippen molar-refractivity contribution in [2.24, 2.45) is 5.73 Å². The molecule has 0 saturated heterocycles. The van der Waals surface area contributed by atoms with Gasteiger partial charge in [-0.05, 0) is 34.6 Å². The number of carbonyl (C=O) groups excluding carboxylic acids is 1. The molecule has 2 rings (SSSR count).